The molecule has 1 heterocycles. The van der Waals surface area contributed by atoms with Gasteiger partial charge >= 0.3 is 5.97 Å². The Balaban J connectivity index is 1.58. The Bertz CT molecular complexity index is 497. The molecule has 0 spiro atoms. The number of carbonyl (C=O) groups excluding carboxylic acids is 1. The SMILES string of the molecule is CC[C@H](Cl)[C@@H]1C[C@@H]2O[C@@H]2[C@H]1/C=C\C/C=C\C/C=C\CCCC(=O)OC. The van der Waals surface area contributed by atoms with Gasteiger partial charge in [0.2, 0.25) is 0 Å². The summed E-state index contributed by atoms with van der Waals surface area (Å²) >= 11 is 6.47. The maximum absolute atomic E-state index is 11.0. The largest absolute Gasteiger partial charge is 0.469 e. The van der Waals surface area contributed by atoms with Gasteiger partial charge < -0.3 is 9.47 Å². The van der Waals surface area contributed by atoms with Crippen LogP contribution in [0.3, 0.4) is 0 Å². The minimum Gasteiger partial charge on any atom is -0.469 e. The average molecular weight is 367 g/mol. The van der Waals surface area contributed by atoms with Gasteiger partial charge in [0.05, 0.1) is 19.3 Å². The van der Waals surface area contributed by atoms with Crippen LogP contribution < -0.4 is 0 Å². The Hall–Kier alpha value is -1.06. The van der Waals surface area contributed by atoms with Gasteiger partial charge in [0, 0.05) is 17.7 Å². The van der Waals surface area contributed by atoms with Crippen molar-refractivity contribution in [2.45, 2.75) is 69.5 Å². The van der Waals surface area contributed by atoms with Crippen molar-refractivity contribution in [3.8, 4) is 0 Å². The monoisotopic (exact) mass is 366 g/mol. The molecule has 1 aliphatic carbocycles. The maximum Gasteiger partial charge on any atom is 0.305 e. The van der Waals surface area contributed by atoms with E-state index >= 15 is 0 Å². The van der Waals surface area contributed by atoms with E-state index in [0.29, 0.717) is 30.5 Å². The highest BCUT2D eigenvalue weighted by Crippen LogP contribution is 2.50. The van der Waals surface area contributed by atoms with Crippen molar-refractivity contribution in [1.82, 2.24) is 0 Å². The molecule has 0 aromatic rings. The number of fused-ring (bicyclic) bond motifs is 1. The van der Waals surface area contributed by atoms with E-state index in [2.05, 4.69) is 48.1 Å². The van der Waals surface area contributed by atoms with Crippen molar-refractivity contribution >= 4 is 17.6 Å². The van der Waals surface area contributed by atoms with Gasteiger partial charge in [-0.25, -0.2) is 0 Å². The number of unbranched alkanes of at least 4 members (excludes halogenated alkanes) is 1. The van der Waals surface area contributed by atoms with Crippen LogP contribution in [0.4, 0.5) is 0 Å². The predicted molar refractivity (Wildman–Crippen MR) is 103 cm³/mol. The van der Waals surface area contributed by atoms with Crippen LogP contribution in [0.25, 0.3) is 0 Å². The van der Waals surface area contributed by atoms with E-state index in [9.17, 15) is 4.79 Å². The molecular formula is C21H31ClO3. The van der Waals surface area contributed by atoms with Crippen LogP contribution >= 0.6 is 11.6 Å². The lowest BCUT2D eigenvalue weighted by Crippen LogP contribution is -2.22. The Kier molecular flexibility index (Phi) is 8.77. The quantitative estimate of drug-likeness (QED) is 0.166. The molecule has 1 aliphatic heterocycles. The number of epoxide rings is 1. The molecule has 0 amide bonds. The summed E-state index contributed by atoms with van der Waals surface area (Å²) in [4.78, 5) is 11.0. The molecule has 1 saturated carbocycles. The third-order valence-corrected chi connectivity index (χ3v) is 5.70. The van der Waals surface area contributed by atoms with Crippen molar-refractivity contribution in [2.24, 2.45) is 11.8 Å². The lowest BCUT2D eigenvalue weighted by molar-refractivity contribution is -0.140. The highest BCUT2D eigenvalue weighted by atomic mass is 35.5. The number of halogens is 1. The third-order valence-electron chi connectivity index (χ3n) is 5.07. The fourth-order valence-corrected chi connectivity index (χ4v) is 3.83. The summed E-state index contributed by atoms with van der Waals surface area (Å²) in [6.07, 6.45) is 20.4. The van der Waals surface area contributed by atoms with Gasteiger partial charge in [-0.3, -0.25) is 4.79 Å². The number of esters is 1. The number of ether oxygens (including phenoxy) is 2. The Morgan fingerprint density at radius 1 is 1.24 bits per heavy atom. The fourth-order valence-electron chi connectivity index (χ4n) is 3.56. The second-order valence-electron chi connectivity index (χ2n) is 6.85. The van der Waals surface area contributed by atoms with Crippen LogP contribution in [0.1, 0.15) is 51.9 Å². The molecule has 2 rings (SSSR count). The van der Waals surface area contributed by atoms with Crippen LogP contribution in [-0.4, -0.2) is 30.7 Å². The lowest BCUT2D eigenvalue weighted by atomic mass is 9.90. The van der Waals surface area contributed by atoms with Crippen molar-refractivity contribution in [1.29, 1.82) is 0 Å². The number of rotatable bonds is 11. The van der Waals surface area contributed by atoms with Gasteiger partial charge in [-0.15, -0.1) is 11.6 Å². The lowest BCUT2D eigenvalue weighted by Gasteiger charge is -2.23. The number of alkyl halides is 1. The minimum absolute atomic E-state index is 0.132. The molecule has 4 heteroatoms. The molecular weight excluding hydrogens is 336 g/mol. The fraction of sp³-hybridized carbons (Fsp3) is 0.667. The first-order valence-corrected chi connectivity index (χ1v) is 9.94. The molecule has 0 aromatic heterocycles. The molecule has 3 nitrogen and oxygen atoms in total. The number of hydrogen-bond donors (Lipinski definition) is 0. The van der Waals surface area contributed by atoms with Gasteiger partial charge in [-0.2, -0.15) is 0 Å². The number of allylic oxidation sites excluding steroid dienone is 5. The molecule has 5 atom stereocenters. The van der Waals surface area contributed by atoms with Crippen molar-refractivity contribution in [2.75, 3.05) is 7.11 Å². The molecule has 0 unspecified atom stereocenters. The number of carbonyl (C=O) groups is 1. The van der Waals surface area contributed by atoms with Gasteiger partial charge in [0.15, 0.2) is 0 Å². The van der Waals surface area contributed by atoms with E-state index in [-0.39, 0.29) is 11.3 Å². The minimum atomic E-state index is -0.132. The second kappa shape index (κ2) is 10.8. The van der Waals surface area contributed by atoms with E-state index in [0.717, 1.165) is 38.5 Å². The van der Waals surface area contributed by atoms with Crippen LogP contribution in [-0.2, 0) is 14.3 Å². The molecule has 0 aromatic carbocycles. The molecule has 0 N–H and O–H groups in total. The molecule has 25 heavy (non-hydrogen) atoms. The zero-order valence-corrected chi connectivity index (χ0v) is 16.2. The highest BCUT2D eigenvalue weighted by molar-refractivity contribution is 6.20. The summed E-state index contributed by atoms with van der Waals surface area (Å²) < 4.78 is 10.3. The van der Waals surface area contributed by atoms with Crippen LogP contribution in [0.2, 0.25) is 0 Å². The first-order chi connectivity index (χ1) is 12.2. The number of hydrogen-bond acceptors (Lipinski definition) is 3. The van der Waals surface area contributed by atoms with E-state index < -0.39 is 0 Å². The van der Waals surface area contributed by atoms with Crippen molar-refractivity contribution < 1.29 is 14.3 Å². The zero-order valence-electron chi connectivity index (χ0n) is 15.4. The summed E-state index contributed by atoms with van der Waals surface area (Å²) in [5, 5.41) is 0.269. The van der Waals surface area contributed by atoms with Gasteiger partial charge in [0.1, 0.15) is 0 Å². The number of methoxy groups -OCH3 is 1. The van der Waals surface area contributed by atoms with Crippen molar-refractivity contribution in [3.05, 3.63) is 36.5 Å². The summed E-state index contributed by atoms with van der Waals surface area (Å²) in [5.74, 6) is 0.936. The van der Waals surface area contributed by atoms with Crippen LogP contribution in [0, 0.1) is 11.8 Å². The van der Waals surface area contributed by atoms with E-state index in [1.165, 1.54) is 7.11 Å². The van der Waals surface area contributed by atoms with E-state index in [1.807, 2.05) is 0 Å². The normalized spacial score (nSPS) is 29.6. The predicted octanol–water partition coefficient (Wildman–Crippen LogP) is 5.20. The van der Waals surface area contributed by atoms with Gasteiger partial charge in [-0.05, 0) is 44.4 Å². The third kappa shape index (κ3) is 6.63. The summed E-state index contributed by atoms with van der Waals surface area (Å²) in [7, 11) is 1.43. The molecule has 0 radical (unpaired) electrons. The van der Waals surface area contributed by atoms with E-state index in [1.54, 1.807) is 0 Å². The Morgan fingerprint density at radius 3 is 2.68 bits per heavy atom. The van der Waals surface area contributed by atoms with E-state index in [4.69, 9.17) is 16.3 Å². The molecule has 2 fully saturated rings. The zero-order chi connectivity index (χ0) is 18.1. The van der Waals surface area contributed by atoms with Gasteiger partial charge in [-0.1, -0.05) is 43.4 Å². The summed E-state index contributed by atoms with van der Waals surface area (Å²) in [6, 6.07) is 0. The second-order valence-corrected chi connectivity index (χ2v) is 7.41. The van der Waals surface area contributed by atoms with Crippen molar-refractivity contribution in [3.63, 3.8) is 0 Å². The van der Waals surface area contributed by atoms with Gasteiger partial charge in [0.25, 0.3) is 0 Å². The summed E-state index contributed by atoms with van der Waals surface area (Å²) in [6.45, 7) is 2.16. The smallest absolute Gasteiger partial charge is 0.305 e. The first kappa shape index (κ1) is 20.3. The topological polar surface area (TPSA) is 38.8 Å². The molecule has 1 saturated heterocycles. The molecule has 2 aliphatic rings. The van der Waals surface area contributed by atoms with Crippen LogP contribution in [0.5, 0.6) is 0 Å². The van der Waals surface area contributed by atoms with Crippen LogP contribution in [0.15, 0.2) is 36.5 Å². The maximum atomic E-state index is 11.0. The molecule has 0 bridgehead atoms. The Morgan fingerprint density at radius 2 is 1.96 bits per heavy atom. The first-order valence-electron chi connectivity index (χ1n) is 9.50. The highest BCUT2D eigenvalue weighted by Gasteiger charge is 2.55. The molecule has 140 valence electrons. The Labute approximate surface area is 157 Å². The standard InChI is InChI=1S/C21H31ClO3/c1-3-18(22)17-15-19-21(25-19)16(17)13-11-9-7-5-4-6-8-10-12-14-20(23)24-2/h5-8,11,13,16-19,21H,3-4,9-10,12,14-15H2,1-2H3/b7-5-,8-6-,13-11-/t16-,17+,18-,19-,21+/m0/s1. The summed E-state index contributed by atoms with van der Waals surface area (Å²) in [5.41, 5.74) is 0. The average Bonchev–Trinajstić information content (AvgIpc) is 3.31.